The lowest BCUT2D eigenvalue weighted by Crippen LogP contribution is -2.44. The molecule has 2 aliphatic heterocycles. The van der Waals surface area contributed by atoms with Gasteiger partial charge in [-0.3, -0.25) is 14.3 Å². The molecule has 0 spiro atoms. The Bertz CT molecular complexity index is 1350. The number of anilines is 1. The second-order valence-corrected chi connectivity index (χ2v) is 11.2. The molecule has 1 N–H and O–H groups in total. The predicted octanol–water partition coefficient (Wildman–Crippen LogP) is 4.05. The van der Waals surface area contributed by atoms with Gasteiger partial charge in [-0.25, -0.2) is 17.8 Å². The molecule has 1 fully saturated rings. The SMILES string of the molecule is Cn1nccc1[C@H]1C[C@@H](C(F)(F)F)CCN1[C@@H]1CCOc2cc(S(=O)(=O)Nc3ncns3)c(F)cc21. The number of alkyl halides is 3. The fraction of sp³-hybridized carbons (Fsp3) is 0.476. The van der Waals surface area contributed by atoms with Crippen LogP contribution >= 0.6 is 11.5 Å². The molecule has 0 unspecified atom stereocenters. The highest BCUT2D eigenvalue weighted by molar-refractivity contribution is 7.93. The Balaban J connectivity index is 1.50. The molecule has 0 radical (unpaired) electrons. The lowest BCUT2D eigenvalue weighted by Gasteiger charge is -2.45. The minimum Gasteiger partial charge on any atom is -0.493 e. The number of hydrogen-bond donors (Lipinski definition) is 1. The first-order chi connectivity index (χ1) is 17.0. The van der Waals surface area contributed by atoms with Crippen molar-refractivity contribution in [2.75, 3.05) is 17.9 Å². The molecule has 15 heteroatoms. The van der Waals surface area contributed by atoms with Gasteiger partial charge in [0.2, 0.25) is 5.13 Å². The number of benzene rings is 1. The summed E-state index contributed by atoms with van der Waals surface area (Å²) in [5, 5.41) is 4.11. The highest BCUT2D eigenvalue weighted by atomic mass is 32.2. The van der Waals surface area contributed by atoms with Gasteiger partial charge in [-0.2, -0.15) is 22.6 Å². The van der Waals surface area contributed by atoms with E-state index in [1.165, 1.54) is 12.5 Å². The number of halogens is 4. The van der Waals surface area contributed by atoms with Gasteiger partial charge >= 0.3 is 6.18 Å². The summed E-state index contributed by atoms with van der Waals surface area (Å²) in [5.41, 5.74) is 1.02. The lowest BCUT2D eigenvalue weighted by atomic mass is 9.85. The van der Waals surface area contributed by atoms with E-state index in [4.69, 9.17) is 4.74 Å². The zero-order valence-electron chi connectivity index (χ0n) is 18.9. The summed E-state index contributed by atoms with van der Waals surface area (Å²) in [6, 6.07) is 2.82. The minimum atomic E-state index is -4.33. The molecule has 0 bridgehead atoms. The van der Waals surface area contributed by atoms with Gasteiger partial charge in [0.25, 0.3) is 10.0 Å². The van der Waals surface area contributed by atoms with Crippen molar-refractivity contribution >= 4 is 26.7 Å². The highest BCUT2D eigenvalue weighted by Crippen LogP contribution is 2.48. The first-order valence-electron chi connectivity index (χ1n) is 11.1. The van der Waals surface area contributed by atoms with Crippen LogP contribution in [0.2, 0.25) is 0 Å². The maximum absolute atomic E-state index is 15.2. The van der Waals surface area contributed by atoms with Crippen LogP contribution in [0.25, 0.3) is 0 Å². The minimum absolute atomic E-state index is 0.0162. The van der Waals surface area contributed by atoms with Crippen LogP contribution in [0.3, 0.4) is 0 Å². The summed E-state index contributed by atoms with van der Waals surface area (Å²) >= 11 is 0.801. The van der Waals surface area contributed by atoms with Crippen LogP contribution < -0.4 is 9.46 Å². The first-order valence-corrected chi connectivity index (χ1v) is 13.4. The van der Waals surface area contributed by atoms with E-state index in [1.54, 1.807) is 17.8 Å². The molecular formula is C21H22F4N6O3S2. The lowest BCUT2D eigenvalue weighted by molar-refractivity contribution is -0.192. The first kappa shape index (κ1) is 24.9. The van der Waals surface area contributed by atoms with Gasteiger partial charge in [-0.1, -0.05) is 0 Å². The Morgan fingerprint density at radius 1 is 1.22 bits per heavy atom. The van der Waals surface area contributed by atoms with Gasteiger partial charge in [0.15, 0.2) is 0 Å². The van der Waals surface area contributed by atoms with Gasteiger partial charge in [-0.05, 0) is 25.0 Å². The van der Waals surface area contributed by atoms with Crippen LogP contribution in [0.4, 0.5) is 22.7 Å². The molecule has 2 aliphatic rings. The van der Waals surface area contributed by atoms with Crippen LogP contribution in [0.1, 0.15) is 42.6 Å². The van der Waals surface area contributed by atoms with E-state index in [0.29, 0.717) is 17.7 Å². The fourth-order valence-corrected chi connectivity index (χ4v) is 6.70. The molecule has 4 heterocycles. The third-order valence-corrected chi connectivity index (χ3v) is 8.72. The predicted molar refractivity (Wildman–Crippen MR) is 121 cm³/mol. The topological polar surface area (TPSA) is 102 Å². The van der Waals surface area contributed by atoms with Crippen molar-refractivity contribution < 1.29 is 30.7 Å². The zero-order chi connectivity index (χ0) is 25.7. The molecule has 2 aromatic heterocycles. The number of sulfonamides is 1. The maximum Gasteiger partial charge on any atom is 0.391 e. The highest BCUT2D eigenvalue weighted by Gasteiger charge is 2.47. The van der Waals surface area contributed by atoms with Crippen molar-refractivity contribution in [3.63, 3.8) is 0 Å². The van der Waals surface area contributed by atoms with Crippen LogP contribution in [0, 0.1) is 11.7 Å². The van der Waals surface area contributed by atoms with Crippen LogP contribution in [0.5, 0.6) is 5.75 Å². The van der Waals surface area contributed by atoms with Crippen LogP contribution in [-0.2, 0) is 17.1 Å². The summed E-state index contributed by atoms with van der Waals surface area (Å²) in [4.78, 5) is 5.06. The normalized spacial score (nSPS) is 23.2. The standard InChI is InChI=1S/C21H22F4N6O3S2/c1-30-16(2-5-27-30)17-8-12(21(23,24)25)3-6-31(17)15-4-7-34-18-10-19(14(22)9-13(15)18)36(32,33)29-20-26-11-28-35-20/h2,5,9-12,15,17H,3-4,6-8H2,1H3,(H,26,28,29)/t12-,15+,17+/m0/s1. The zero-order valence-corrected chi connectivity index (χ0v) is 20.6. The third kappa shape index (κ3) is 4.66. The Labute approximate surface area is 208 Å². The smallest absolute Gasteiger partial charge is 0.391 e. The van der Waals surface area contributed by atoms with Crippen molar-refractivity contribution in [1.82, 2.24) is 24.0 Å². The average molecular weight is 547 g/mol. The van der Waals surface area contributed by atoms with Crippen molar-refractivity contribution in [1.29, 1.82) is 0 Å². The quantitative estimate of drug-likeness (QED) is 0.482. The van der Waals surface area contributed by atoms with E-state index < -0.39 is 44.9 Å². The van der Waals surface area contributed by atoms with E-state index in [-0.39, 0.29) is 36.9 Å². The number of nitrogens with zero attached hydrogens (tertiary/aromatic N) is 5. The monoisotopic (exact) mass is 546 g/mol. The maximum atomic E-state index is 15.2. The largest absolute Gasteiger partial charge is 0.493 e. The van der Waals surface area contributed by atoms with Gasteiger partial charge in [0, 0.05) is 55.4 Å². The van der Waals surface area contributed by atoms with Gasteiger partial charge < -0.3 is 4.74 Å². The molecule has 0 saturated carbocycles. The van der Waals surface area contributed by atoms with E-state index in [9.17, 15) is 21.6 Å². The summed E-state index contributed by atoms with van der Waals surface area (Å²) in [6.07, 6.45) is -1.47. The van der Waals surface area contributed by atoms with Crippen molar-refractivity contribution in [3.05, 3.63) is 47.8 Å². The van der Waals surface area contributed by atoms with E-state index in [0.717, 1.165) is 23.7 Å². The van der Waals surface area contributed by atoms with Gasteiger partial charge in [0.1, 0.15) is 22.8 Å². The molecule has 9 nitrogen and oxygen atoms in total. The Morgan fingerprint density at radius 3 is 2.69 bits per heavy atom. The van der Waals surface area contributed by atoms with Gasteiger partial charge in [0.05, 0.1) is 24.3 Å². The van der Waals surface area contributed by atoms with Gasteiger partial charge in [-0.15, -0.1) is 0 Å². The number of nitrogens with one attached hydrogen (secondary N) is 1. The van der Waals surface area contributed by atoms with E-state index >= 15 is 4.39 Å². The van der Waals surface area contributed by atoms with Crippen LogP contribution in [-0.4, -0.2) is 51.8 Å². The molecule has 36 heavy (non-hydrogen) atoms. The van der Waals surface area contributed by atoms with Crippen LogP contribution in [0.15, 0.2) is 35.6 Å². The number of aryl methyl sites for hydroxylation is 1. The van der Waals surface area contributed by atoms with E-state index in [1.807, 2.05) is 4.90 Å². The number of rotatable bonds is 5. The summed E-state index contributed by atoms with van der Waals surface area (Å²) < 4.78 is 94.8. The number of piperidine rings is 1. The number of aromatic nitrogens is 4. The number of fused-ring (bicyclic) bond motifs is 1. The average Bonchev–Trinajstić information content (AvgIpc) is 3.48. The molecular weight excluding hydrogens is 524 g/mol. The molecule has 0 amide bonds. The number of hydrogen-bond acceptors (Lipinski definition) is 8. The summed E-state index contributed by atoms with van der Waals surface area (Å²) in [6.45, 7) is 0.328. The van der Waals surface area contributed by atoms with Crippen molar-refractivity contribution in [2.24, 2.45) is 13.0 Å². The molecule has 1 aromatic carbocycles. The second-order valence-electron chi connectivity index (χ2n) is 8.72. The van der Waals surface area contributed by atoms with Crippen molar-refractivity contribution in [3.8, 4) is 5.75 Å². The molecule has 5 rings (SSSR count). The number of ether oxygens (including phenoxy) is 1. The Hall–Kier alpha value is -2.78. The Morgan fingerprint density at radius 2 is 2.03 bits per heavy atom. The molecule has 1 saturated heterocycles. The number of likely N-dealkylation sites (tertiary alicyclic amines) is 1. The fourth-order valence-electron chi connectivity index (χ4n) is 4.97. The Kier molecular flexibility index (Phi) is 6.41. The molecule has 0 aliphatic carbocycles. The van der Waals surface area contributed by atoms with E-state index in [2.05, 4.69) is 19.2 Å². The molecule has 3 aromatic rings. The third-order valence-electron chi connectivity index (χ3n) is 6.65. The van der Waals surface area contributed by atoms with Crippen molar-refractivity contribution in [2.45, 2.75) is 42.4 Å². The molecule has 194 valence electrons. The molecule has 3 atom stereocenters. The summed E-state index contributed by atoms with van der Waals surface area (Å²) in [5.74, 6) is -2.29. The second kappa shape index (κ2) is 9.27. The summed E-state index contributed by atoms with van der Waals surface area (Å²) in [7, 11) is -2.64.